The summed E-state index contributed by atoms with van der Waals surface area (Å²) in [4.78, 5) is 0. The molecule has 2 atom stereocenters. The van der Waals surface area contributed by atoms with E-state index in [1.807, 2.05) is 23.9 Å². The van der Waals surface area contributed by atoms with Gasteiger partial charge in [0, 0.05) is 5.25 Å². The largest absolute Gasteiger partial charge is 0.468 e. The maximum atomic E-state index is 5.74. The third-order valence-corrected chi connectivity index (χ3v) is 4.41. The van der Waals surface area contributed by atoms with Gasteiger partial charge in [-0.2, -0.15) is 11.8 Å². The first-order chi connectivity index (χ1) is 6.90. The van der Waals surface area contributed by atoms with Crippen molar-refractivity contribution in [2.45, 2.75) is 30.3 Å². The molecule has 2 rings (SSSR count). The second-order valence-electron chi connectivity index (χ2n) is 3.86. The lowest BCUT2D eigenvalue weighted by atomic mass is 10.1. The summed E-state index contributed by atoms with van der Waals surface area (Å²) in [5.74, 6) is 2.81. The molecule has 1 aromatic rings. The van der Waals surface area contributed by atoms with Gasteiger partial charge in [0.25, 0.3) is 0 Å². The Morgan fingerprint density at radius 2 is 2.43 bits per heavy atom. The summed E-state index contributed by atoms with van der Waals surface area (Å²) < 4.78 is 5.31. The zero-order chi connectivity index (χ0) is 9.80. The van der Waals surface area contributed by atoms with Crippen molar-refractivity contribution in [3.8, 4) is 0 Å². The van der Waals surface area contributed by atoms with E-state index >= 15 is 0 Å². The van der Waals surface area contributed by atoms with Gasteiger partial charge < -0.3 is 10.2 Å². The van der Waals surface area contributed by atoms with E-state index in [4.69, 9.17) is 10.2 Å². The van der Waals surface area contributed by atoms with Crippen LogP contribution in [0, 0.1) is 5.92 Å². The molecule has 0 bridgehead atoms. The molecule has 2 nitrogen and oxygen atoms in total. The van der Waals surface area contributed by atoms with Gasteiger partial charge in [-0.25, -0.2) is 0 Å². The first kappa shape index (κ1) is 10.1. The maximum absolute atomic E-state index is 5.74. The van der Waals surface area contributed by atoms with Crippen LogP contribution in [-0.2, 0) is 5.75 Å². The number of rotatable bonds is 4. The second kappa shape index (κ2) is 4.89. The second-order valence-corrected chi connectivity index (χ2v) is 5.08. The fourth-order valence-electron chi connectivity index (χ4n) is 2.08. The molecule has 0 spiro atoms. The molecule has 2 unspecified atom stereocenters. The molecule has 1 aliphatic rings. The summed E-state index contributed by atoms with van der Waals surface area (Å²) in [5.41, 5.74) is 5.74. The molecule has 0 aromatic carbocycles. The molecule has 1 fully saturated rings. The number of nitrogens with two attached hydrogens (primary N) is 1. The molecular weight excluding hydrogens is 194 g/mol. The summed E-state index contributed by atoms with van der Waals surface area (Å²) in [6, 6.07) is 3.99. The first-order valence-corrected chi connectivity index (χ1v) is 6.29. The van der Waals surface area contributed by atoms with Gasteiger partial charge in [-0.1, -0.05) is 6.42 Å². The molecule has 14 heavy (non-hydrogen) atoms. The standard InChI is InChI=1S/C11H17NOS/c12-7-9-3-1-5-11(9)14-8-10-4-2-6-13-10/h2,4,6,9,11H,1,3,5,7-8,12H2. The smallest absolute Gasteiger partial charge is 0.113 e. The van der Waals surface area contributed by atoms with Crippen LogP contribution in [0.4, 0.5) is 0 Å². The highest BCUT2D eigenvalue weighted by molar-refractivity contribution is 7.99. The Labute approximate surface area is 89.2 Å². The van der Waals surface area contributed by atoms with E-state index in [0.717, 1.165) is 29.2 Å². The summed E-state index contributed by atoms with van der Waals surface area (Å²) in [7, 11) is 0. The van der Waals surface area contributed by atoms with E-state index in [-0.39, 0.29) is 0 Å². The summed E-state index contributed by atoms with van der Waals surface area (Å²) in [6.07, 6.45) is 5.72. The highest BCUT2D eigenvalue weighted by Gasteiger charge is 2.26. The molecule has 1 heterocycles. The predicted molar refractivity (Wildman–Crippen MR) is 60.2 cm³/mol. The third kappa shape index (κ3) is 2.34. The number of hydrogen-bond acceptors (Lipinski definition) is 3. The zero-order valence-electron chi connectivity index (χ0n) is 8.32. The molecular formula is C11H17NOS. The lowest BCUT2D eigenvalue weighted by molar-refractivity contribution is 0.528. The van der Waals surface area contributed by atoms with Gasteiger partial charge in [0.2, 0.25) is 0 Å². The lowest BCUT2D eigenvalue weighted by Gasteiger charge is -2.16. The lowest BCUT2D eigenvalue weighted by Crippen LogP contribution is -2.20. The van der Waals surface area contributed by atoms with E-state index in [2.05, 4.69) is 0 Å². The number of furan rings is 1. The van der Waals surface area contributed by atoms with Crippen LogP contribution in [0.2, 0.25) is 0 Å². The first-order valence-electron chi connectivity index (χ1n) is 5.24. The monoisotopic (exact) mass is 211 g/mol. The minimum atomic E-state index is 0.731. The van der Waals surface area contributed by atoms with Gasteiger partial charge in [0.05, 0.1) is 12.0 Å². The van der Waals surface area contributed by atoms with E-state index in [0.29, 0.717) is 0 Å². The van der Waals surface area contributed by atoms with E-state index in [1.165, 1.54) is 19.3 Å². The topological polar surface area (TPSA) is 39.2 Å². The number of hydrogen-bond donors (Lipinski definition) is 1. The molecule has 3 heteroatoms. The summed E-state index contributed by atoms with van der Waals surface area (Å²) >= 11 is 2.00. The Bertz CT molecular complexity index is 260. The minimum Gasteiger partial charge on any atom is -0.468 e. The zero-order valence-corrected chi connectivity index (χ0v) is 9.13. The minimum absolute atomic E-state index is 0.731. The van der Waals surface area contributed by atoms with Gasteiger partial charge in [-0.15, -0.1) is 0 Å². The molecule has 1 aliphatic carbocycles. The molecule has 0 amide bonds. The summed E-state index contributed by atoms with van der Waals surface area (Å²) in [6.45, 7) is 0.843. The van der Waals surface area contributed by atoms with Crippen molar-refractivity contribution in [3.05, 3.63) is 24.2 Å². The van der Waals surface area contributed by atoms with Crippen LogP contribution in [0.15, 0.2) is 22.8 Å². The maximum Gasteiger partial charge on any atom is 0.113 e. The van der Waals surface area contributed by atoms with Crippen molar-refractivity contribution in [1.82, 2.24) is 0 Å². The van der Waals surface area contributed by atoms with Crippen molar-refractivity contribution in [3.63, 3.8) is 0 Å². The van der Waals surface area contributed by atoms with Crippen LogP contribution in [0.5, 0.6) is 0 Å². The van der Waals surface area contributed by atoms with Crippen molar-refractivity contribution in [2.24, 2.45) is 11.7 Å². The Balaban J connectivity index is 1.80. The normalized spacial score (nSPS) is 26.9. The van der Waals surface area contributed by atoms with Crippen LogP contribution in [0.3, 0.4) is 0 Å². The molecule has 78 valence electrons. The molecule has 2 N–H and O–H groups in total. The average Bonchev–Trinajstić information content (AvgIpc) is 2.85. The van der Waals surface area contributed by atoms with Crippen molar-refractivity contribution in [2.75, 3.05) is 6.54 Å². The number of thioether (sulfide) groups is 1. The van der Waals surface area contributed by atoms with Crippen LogP contribution in [0.25, 0.3) is 0 Å². The molecule has 0 saturated heterocycles. The Morgan fingerprint density at radius 1 is 1.50 bits per heavy atom. The van der Waals surface area contributed by atoms with Crippen LogP contribution < -0.4 is 5.73 Å². The Morgan fingerprint density at radius 3 is 3.14 bits per heavy atom. The summed E-state index contributed by atoms with van der Waals surface area (Å²) in [5, 5.41) is 0.755. The van der Waals surface area contributed by atoms with Gasteiger partial charge in [-0.05, 0) is 37.4 Å². The van der Waals surface area contributed by atoms with Crippen LogP contribution in [0.1, 0.15) is 25.0 Å². The highest BCUT2D eigenvalue weighted by Crippen LogP contribution is 2.35. The fourth-order valence-corrected chi connectivity index (χ4v) is 3.47. The van der Waals surface area contributed by atoms with Crippen LogP contribution in [-0.4, -0.2) is 11.8 Å². The van der Waals surface area contributed by atoms with E-state index < -0.39 is 0 Å². The van der Waals surface area contributed by atoms with Gasteiger partial charge in [0.1, 0.15) is 5.76 Å². The molecule has 0 radical (unpaired) electrons. The SMILES string of the molecule is NCC1CCCC1SCc1ccco1. The average molecular weight is 211 g/mol. The third-order valence-electron chi connectivity index (χ3n) is 2.91. The van der Waals surface area contributed by atoms with Crippen molar-refractivity contribution in [1.29, 1.82) is 0 Å². The quantitative estimate of drug-likeness (QED) is 0.832. The Kier molecular flexibility index (Phi) is 3.54. The van der Waals surface area contributed by atoms with Crippen LogP contribution >= 0.6 is 11.8 Å². The molecule has 1 saturated carbocycles. The Hall–Kier alpha value is -0.410. The van der Waals surface area contributed by atoms with Crippen molar-refractivity contribution < 1.29 is 4.42 Å². The fraction of sp³-hybridized carbons (Fsp3) is 0.636. The van der Waals surface area contributed by atoms with Gasteiger partial charge in [0.15, 0.2) is 0 Å². The van der Waals surface area contributed by atoms with E-state index in [9.17, 15) is 0 Å². The predicted octanol–water partition coefficient (Wildman–Crippen LogP) is 2.64. The van der Waals surface area contributed by atoms with Gasteiger partial charge in [-0.3, -0.25) is 0 Å². The highest BCUT2D eigenvalue weighted by atomic mass is 32.2. The van der Waals surface area contributed by atoms with E-state index in [1.54, 1.807) is 6.26 Å². The molecule has 1 aromatic heterocycles. The molecule has 0 aliphatic heterocycles. The van der Waals surface area contributed by atoms with Gasteiger partial charge >= 0.3 is 0 Å². The van der Waals surface area contributed by atoms with Crippen molar-refractivity contribution >= 4 is 11.8 Å².